The summed E-state index contributed by atoms with van der Waals surface area (Å²) in [5, 5.41) is 0. The smallest absolute Gasteiger partial charge is 0.222 e. The first-order valence-corrected chi connectivity index (χ1v) is 5.34. The summed E-state index contributed by atoms with van der Waals surface area (Å²) >= 11 is 0. The standard InChI is InChI=1S/C9H13O.ClHO4/c1-6-5-7(2)10-9(4)8(6)3;2-1(3,4)5/h5H,1-4H3;(H,2,3,4,5)/q+1;/p-1. The molecule has 6 heteroatoms. The molecule has 0 saturated heterocycles. The van der Waals surface area contributed by atoms with Crippen molar-refractivity contribution in [2.24, 2.45) is 0 Å². The fraction of sp³-hybridized carbons (Fsp3) is 0.444. The van der Waals surface area contributed by atoms with Crippen LogP contribution in [0, 0.1) is 37.9 Å². The van der Waals surface area contributed by atoms with E-state index in [1.165, 1.54) is 11.1 Å². The highest BCUT2D eigenvalue weighted by atomic mass is 35.7. The average Bonchev–Trinajstić information content (AvgIpc) is 1.96. The number of aryl methyl sites for hydroxylation is 3. The molecule has 1 heterocycles. The first-order valence-electron chi connectivity index (χ1n) is 4.10. The lowest BCUT2D eigenvalue weighted by atomic mass is 10.1. The summed E-state index contributed by atoms with van der Waals surface area (Å²) in [6.07, 6.45) is 0. The van der Waals surface area contributed by atoms with E-state index in [-0.39, 0.29) is 0 Å². The Morgan fingerprint density at radius 1 is 1.00 bits per heavy atom. The van der Waals surface area contributed by atoms with E-state index in [1.54, 1.807) is 0 Å². The van der Waals surface area contributed by atoms with Gasteiger partial charge in [0.25, 0.3) is 0 Å². The van der Waals surface area contributed by atoms with Gasteiger partial charge in [0.1, 0.15) is 0 Å². The summed E-state index contributed by atoms with van der Waals surface area (Å²) < 4.78 is 39.4. The summed E-state index contributed by atoms with van der Waals surface area (Å²) in [6.45, 7) is 8.15. The van der Waals surface area contributed by atoms with Crippen LogP contribution in [0.3, 0.4) is 0 Å². The molecule has 0 spiro atoms. The van der Waals surface area contributed by atoms with Crippen molar-refractivity contribution in [3.05, 3.63) is 28.7 Å². The fourth-order valence-electron chi connectivity index (χ4n) is 1.04. The summed E-state index contributed by atoms with van der Waals surface area (Å²) in [5.74, 6) is 2.01. The van der Waals surface area contributed by atoms with Gasteiger partial charge >= 0.3 is 11.5 Å². The van der Waals surface area contributed by atoms with Gasteiger partial charge in [0.15, 0.2) is 0 Å². The summed E-state index contributed by atoms with van der Waals surface area (Å²) in [5.41, 5.74) is 2.56. The van der Waals surface area contributed by atoms with E-state index in [1.807, 2.05) is 13.8 Å². The topological polar surface area (TPSA) is 104 Å². The number of hydrogen-bond donors (Lipinski definition) is 0. The molecule has 0 aromatic carbocycles. The third-order valence-corrected chi connectivity index (χ3v) is 1.85. The summed E-state index contributed by atoms with van der Waals surface area (Å²) in [7, 11) is -4.94. The van der Waals surface area contributed by atoms with Gasteiger partial charge in [-0.25, -0.2) is 23.1 Å². The number of rotatable bonds is 0. The molecule has 0 amide bonds. The van der Waals surface area contributed by atoms with Crippen molar-refractivity contribution in [2.45, 2.75) is 27.7 Å². The molecule has 0 atom stereocenters. The highest BCUT2D eigenvalue weighted by Gasteiger charge is 2.10. The second-order valence-electron chi connectivity index (χ2n) is 3.10. The van der Waals surface area contributed by atoms with E-state index in [9.17, 15) is 0 Å². The zero-order valence-electron chi connectivity index (χ0n) is 9.00. The molecule has 0 bridgehead atoms. The molecule has 15 heavy (non-hydrogen) atoms. The second-order valence-corrected chi connectivity index (χ2v) is 3.86. The molecule has 1 aromatic rings. The molecule has 1 aromatic heterocycles. The summed E-state index contributed by atoms with van der Waals surface area (Å²) in [4.78, 5) is 0. The molecule has 0 radical (unpaired) electrons. The SMILES string of the molecule is Cc1cc(C)c(C)c(C)[o+]1.[O-][Cl+3]([O-])([O-])[O-]. The highest BCUT2D eigenvalue weighted by Crippen LogP contribution is 2.13. The van der Waals surface area contributed by atoms with E-state index < -0.39 is 10.2 Å². The van der Waals surface area contributed by atoms with Gasteiger partial charge in [-0.15, -0.1) is 10.2 Å². The maximum Gasteiger partial charge on any atom is 0.329 e. The number of halogens is 1. The van der Waals surface area contributed by atoms with Crippen LogP contribution in [-0.2, 0) is 0 Å². The van der Waals surface area contributed by atoms with E-state index in [0.29, 0.717) is 0 Å². The molecule has 0 aliphatic rings. The molecule has 0 aliphatic carbocycles. The average molecular weight is 237 g/mol. The Morgan fingerprint density at radius 3 is 1.73 bits per heavy atom. The van der Waals surface area contributed by atoms with Crippen LogP contribution in [0.5, 0.6) is 0 Å². The van der Waals surface area contributed by atoms with E-state index in [4.69, 9.17) is 23.1 Å². The van der Waals surface area contributed by atoms with Crippen LogP contribution in [0.25, 0.3) is 0 Å². The van der Waals surface area contributed by atoms with Crippen LogP contribution in [0.1, 0.15) is 22.6 Å². The van der Waals surface area contributed by atoms with Gasteiger partial charge in [0, 0.05) is 6.07 Å². The summed E-state index contributed by atoms with van der Waals surface area (Å²) in [6, 6.07) is 2.06. The Labute approximate surface area is 90.3 Å². The maximum absolute atomic E-state index is 8.49. The lowest BCUT2D eigenvalue weighted by Crippen LogP contribution is -2.68. The Balaban J connectivity index is 0.000000336. The molecule has 0 N–H and O–H groups in total. The van der Waals surface area contributed by atoms with Crippen LogP contribution in [-0.4, -0.2) is 0 Å². The predicted molar refractivity (Wildman–Crippen MR) is 42.1 cm³/mol. The van der Waals surface area contributed by atoms with Crippen LogP contribution >= 0.6 is 0 Å². The van der Waals surface area contributed by atoms with Crippen LogP contribution < -0.4 is 18.6 Å². The monoisotopic (exact) mass is 236 g/mol. The van der Waals surface area contributed by atoms with Crippen molar-refractivity contribution in [3.8, 4) is 0 Å². The van der Waals surface area contributed by atoms with Gasteiger partial charge in [-0.3, -0.25) is 0 Å². The maximum atomic E-state index is 8.49. The van der Waals surface area contributed by atoms with Crippen molar-refractivity contribution in [1.29, 1.82) is 0 Å². The van der Waals surface area contributed by atoms with Crippen molar-refractivity contribution in [1.82, 2.24) is 0 Å². The Morgan fingerprint density at radius 2 is 1.40 bits per heavy atom. The van der Waals surface area contributed by atoms with Crippen molar-refractivity contribution in [2.75, 3.05) is 0 Å². The number of hydrogen-bond acceptors (Lipinski definition) is 4. The fourth-order valence-corrected chi connectivity index (χ4v) is 1.04. The first-order chi connectivity index (χ1) is 6.61. The predicted octanol–water partition coefficient (Wildman–Crippen LogP) is -1.96. The van der Waals surface area contributed by atoms with Gasteiger partial charge in [0.05, 0.1) is 19.4 Å². The zero-order chi connectivity index (χ0) is 12.2. The molecule has 5 nitrogen and oxygen atoms in total. The molecular formula is C9H13ClO5. The Kier molecular flexibility index (Phi) is 5.13. The Bertz CT molecular complexity index is 303. The lowest BCUT2D eigenvalue weighted by Gasteiger charge is -2.17. The molecule has 0 saturated carbocycles. The normalized spacial score (nSPS) is 10.7. The van der Waals surface area contributed by atoms with E-state index in [2.05, 4.69) is 19.9 Å². The van der Waals surface area contributed by atoms with Crippen LogP contribution in [0.2, 0.25) is 0 Å². The zero-order valence-corrected chi connectivity index (χ0v) is 9.75. The van der Waals surface area contributed by atoms with Crippen LogP contribution in [0.15, 0.2) is 10.5 Å². The Hall–Kier alpha value is -0.720. The quantitative estimate of drug-likeness (QED) is 0.487. The van der Waals surface area contributed by atoms with Gasteiger partial charge in [-0.05, 0) is 19.4 Å². The van der Waals surface area contributed by atoms with Gasteiger partial charge in [0.2, 0.25) is 0 Å². The van der Waals surface area contributed by atoms with Gasteiger partial charge < -0.3 is 0 Å². The molecule has 0 fully saturated rings. The molecule has 86 valence electrons. The van der Waals surface area contributed by atoms with Crippen LogP contribution in [0.4, 0.5) is 0 Å². The molecule has 0 aliphatic heterocycles. The molecule has 0 unspecified atom stereocenters. The largest absolute Gasteiger partial charge is 0.329 e. The minimum absolute atomic E-state index is 0.987. The first kappa shape index (κ1) is 14.3. The second kappa shape index (κ2) is 5.39. The minimum Gasteiger partial charge on any atom is -0.222 e. The molecular weight excluding hydrogens is 224 g/mol. The van der Waals surface area contributed by atoms with Gasteiger partial charge in [-0.1, -0.05) is 0 Å². The highest BCUT2D eigenvalue weighted by molar-refractivity contribution is 5.26. The lowest BCUT2D eigenvalue weighted by molar-refractivity contribution is -2.00. The van der Waals surface area contributed by atoms with Crippen molar-refractivity contribution >= 4 is 0 Å². The minimum atomic E-state index is -4.94. The van der Waals surface area contributed by atoms with Crippen molar-refractivity contribution < 1.29 is 33.3 Å². The van der Waals surface area contributed by atoms with E-state index >= 15 is 0 Å². The van der Waals surface area contributed by atoms with Gasteiger partial charge in [-0.2, -0.15) is 0 Å². The third-order valence-electron chi connectivity index (χ3n) is 1.85. The molecule has 1 rings (SSSR count). The van der Waals surface area contributed by atoms with Crippen molar-refractivity contribution in [3.63, 3.8) is 0 Å². The van der Waals surface area contributed by atoms with E-state index in [0.717, 1.165) is 11.5 Å². The third kappa shape index (κ3) is 7.24.